The third-order valence-electron chi connectivity index (χ3n) is 3.58. The molecule has 4 N–H and O–H groups in total. The van der Waals surface area contributed by atoms with Crippen molar-refractivity contribution in [2.75, 3.05) is 17.7 Å². The summed E-state index contributed by atoms with van der Waals surface area (Å²) in [7, 11) is 0. The number of allylic oxidation sites excluding steroid dienone is 1. The zero-order valence-electron chi connectivity index (χ0n) is 15.1. The molecule has 0 amide bonds. The van der Waals surface area contributed by atoms with Gasteiger partial charge in [0.05, 0.1) is 5.70 Å². The number of nitrogens with one attached hydrogen (secondary N) is 2. The molecule has 0 fully saturated rings. The molecule has 2 aromatic rings. The summed E-state index contributed by atoms with van der Waals surface area (Å²) in [5.74, 6) is 1.16. The molecule has 0 aliphatic carbocycles. The van der Waals surface area contributed by atoms with Crippen molar-refractivity contribution in [3.63, 3.8) is 0 Å². The molecule has 0 atom stereocenters. The SMILES string of the molecule is C=C(N=C(/C=C\C)Nc1ccc(N)c(C=N)c1)c1cccc(OCC=O)c1. The van der Waals surface area contributed by atoms with Crippen LogP contribution in [0.4, 0.5) is 11.4 Å². The molecule has 0 saturated carbocycles. The Hall–Kier alpha value is -3.67. The van der Waals surface area contributed by atoms with E-state index in [-0.39, 0.29) is 6.61 Å². The first-order valence-electron chi connectivity index (χ1n) is 8.31. The average molecular weight is 362 g/mol. The Morgan fingerprint density at radius 3 is 2.85 bits per heavy atom. The molecule has 6 nitrogen and oxygen atoms in total. The van der Waals surface area contributed by atoms with Crippen molar-refractivity contribution < 1.29 is 9.53 Å². The van der Waals surface area contributed by atoms with Gasteiger partial charge in [0.15, 0.2) is 6.29 Å². The van der Waals surface area contributed by atoms with Crippen molar-refractivity contribution >= 4 is 35.4 Å². The van der Waals surface area contributed by atoms with Gasteiger partial charge in [0, 0.05) is 28.7 Å². The van der Waals surface area contributed by atoms with Crippen molar-refractivity contribution in [1.29, 1.82) is 5.41 Å². The fourth-order valence-corrected chi connectivity index (χ4v) is 2.30. The molecule has 0 aliphatic heterocycles. The summed E-state index contributed by atoms with van der Waals surface area (Å²) < 4.78 is 5.31. The van der Waals surface area contributed by atoms with Crippen LogP contribution in [0.1, 0.15) is 18.1 Å². The van der Waals surface area contributed by atoms with Crippen LogP contribution >= 0.6 is 0 Å². The minimum atomic E-state index is -0.00291. The number of nitrogen functional groups attached to an aromatic ring is 1. The zero-order chi connectivity index (χ0) is 19.6. The van der Waals surface area contributed by atoms with Crippen LogP contribution in [0, 0.1) is 5.41 Å². The summed E-state index contributed by atoms with van der Waals surface area (Å²) >= 11 is 0. The summed E-state index contributed by atoms with van der Waals surface area (Å²) in [6.45, 7) is 5.90. The van der Waals surface area contributed by atoms with E-state index >= 15 is 0 Å². The maximum Gasteiger partial charge on any atom is 0.157 e. The zero-order valence-corrected chi connectivity index (χ0v) is 15.1. The number of hydrogen-bond donors (Lipinski definition) is 3. The lowest BCUT2D eigenvalue weighted by Crippen LogP contribution is -2.10. The second-order valence-corrected chi connectivity index (χ2v) is 5.56. The molecule has 2 aromatic carbocycles. The maximum atomic E-state index is 10.5. The second-order valence-electron chi connectivity index (χ2n) is 5.56. The maximum absolute atomic E-state index is 10.5. The number of carbonyl (C=O) groups excluding carboxylic acids is 1. The molecule has 0 bridgehead atoms. The Morgan fingerprint density at radius 1 is 1.33 bits per heavy atom. The highest BCUT2D eigenvalue weighted by molar-refractivity contribution is 6.06. The van der Waals surface area contributed by atoms with Gasteiger partial charge in [-0.05, 0) is 43.3 Å². The van der Waals surface area contributed by atoms with E-state index in [0.717, 1.165) is 11.3 Å². The number of carbonyl (C=O) groups is 1. The number of benzene rings is 2. The van der Waals surface area contributed by atoms with E-state index in [4.69, 9.17) is 15.9 Å². The average Bonchev–Trinajstić information content (AvgIpc) is 2.68. The van der Waals surface area contributed by atoms with Crippen LogP contribution in [-0.4, -0.2) is 24.9 Å². The number of hydrogen-bond acceptors (Lipinski definition) is 5. The fourth-order valence-electron chi connectivity index (χ4n) is 2.30. The smallest absolute Gasteiger partial charge is 0.157 e. The van der Waals surface area contributed by atoms with Gasteiger partial charge >= 0.3 is 0 Å². The van der Waals surface area contributed by atoms with E-state index in [1.807, 2.05) is 37.3 Å². The molecular formula is C21H22N4O2. The normalized spacial score (nSPS) is 11.2. The van der Waals surface area contributed by atoms with Crippen LogP contribution in [0.15, 0.2) is 66.2 Å². The minimum Gasteiger partial charge on any atom is -0.486 e. The van der Waals surface area contributed by atoms with E-state index in [2.05, 4.69) is 16.9 Å². The number of ether oxygens (including phenoxy) is 1. The number of aldehydes is 1. The van der Waals surface area contributed by atoms with E-state index in [0.29, 0.717) is 34.8 Å². The highest BCUT2D eigenvalue weighted by Gasteiger charge is 2.04. The predicted octanol–water partition coefficient (Wildman–Crippen LogP) is 3.90. The van der Waals surface area contributed by atoms with Gasteiger partial charge in [0.2, 0.25) is 0 Å². The third-order valence-corrected chi connectivity index (χ3v) is 3.58. The second kappa shape index (κ2) is 9.72. The Kier molecular flexibility index (Phi) is 7.07. The number of aliphatic imine (C=N–C) groups is 1. The van der Waals surface area contributed by atoms with Gasteiger partial charge in [-0.15, -0.1) is 0 Å². The molecule has 0 unspecified atom stereocenters. The first kappa shape index (κ1) is 19.7. The molecular weight excluding hydrogens is 340 g/mol. The van der Waals surface area contributed by atoms with Gasteiger partial charge in [0.25, 0.3) is 0 Å². The fraction of sp³-hybridized carbons (Fsp3) is 0.0952. The summed E-state index contributed by atoms with van der Waals surface area (Å²) in [5, 5.41) is 10.6. The molecule has 0 heterocycles. The van der Waals surface area contributed by atoms with Crippen molar-refractivity contribution in [3.8, 4) is 5.75 Å². The topological polar surface area (TPSA) is 101 Å². The van der Waals surface area contributed by atoms with Crippen molar-refractivity contribution in [2.24, 2.45) is 4.99 Å². The van der Waals surface area contributed by atoms with Gasteiger partial charge < -0.3 is 21.2 Å². The lowest BCUT2D eigenvalue weighted by molar-refractivity contribution is -0.109. The van der Waals surface area contributed by atoms with E-state index in [1.54, 1.807) is 24.3 Å². The molecule has 6 heteroatoms. The van der Waals surface area contributed by atoms with E-state index in [9.17, 15) is 4.79 Å². The number of nitrogens with zero attached hydrogens (tertiary/aromatic N) is 1. The lowest BCUT2D eigenvalue weighted by Gasteiger charge is -2.10. The third kappa shape index (κ3) is 5.67. The lowest BCUT2D eigenvalue weighted by atomic mass is 10.1. The van der Waals surface area contributed by atoms with E-state index in [1.165, 1.54) is 6.21 Å². The molecule has 138 valence electrons. The number of rotatable bonds is 8. The number of anilines is 2. The Bertz CT molecular complexity index is 901. The van der Waals surface area contributed by atoms with Gasteiger partial charge in [-0.2, -0.15) is 0 Å². The van der Waals surface area contributed by atoms with Crippen LogP contribution < -0.4 is 15.8 Å². The Balaban J connectivity index is 2.25. The largest absolute Gasteiger partial charge is 0.486 e. The highest BCUT2D eigenvalue weighted by atomic mass is 16.5. The highest BCUT2D eigenvalue weighted by Crippen LogP contribution is 2.21. The van der Waals surface area contributed by atoms with Crippen LogP contribution in [0.25, 0.3) is 5.70 Å². The number of amidine groups is 1. The van der Waals surface area contributed by atoms with Crippen LogP contribution in [0.5, 0.6) is 5.75 Å². The van der Waals surface area contributed by atoms with Crippen LogP contribution in [0.3, 0.4) is 0 Å². The van der Waals surface area contributed by atoms with Gasteiger partial charge in [0.1, 0.15) is 18.2 Å². The Morgan fingerprint density at radius 2 is 2.15 bits per heavy atom. The van der Waals surface area contributed by atoms with Gasteiger partial charge in [-0.3, -0.25) is 4.79 Å². The first-order chi connectivity index (χ1) is 13.1. The molecule has 0 spiro atoms. The number of nitrogens with two attached hydrogens (primary N) is 1. The first-order valence-corrected chi connectivity index (χ1v) is 8.31. The van der Waals surface area contributed by atoms with Crippen molar-refractivity contribution in [3.05, 3.63) is 72.3 Å². The molecule has 2 rings (SSSR count). The van der Waals surface area contributed by atoms with E-state index < -0.39 is 0 Å². The quantitative estimate of drug-likeness (QED) is 0.287. The molecule has 0 aromatic heterocycles. The summed E-state index contributed by atoms with van der Waals surface area (Å²) in [6, 6.07) is 12.6. The van der Waals surface area contributed by atoms with Crippen LogP contribution in [-0.2, 0) is 4.79 Å². The van der Waals surface area contributed by atoms with Crippen molar-refractivity contribution in [1.82, 2.24) is 0 Å². The molecule has 27 heavy (non-hydrogen) atoms. The monoisotopic (exact) mass is 362 g/mol. The van der Waals surface area contributed by atoms with Crippen LogP contribution in [0.2, 0.25) is 0 Å². The standard InChI is InChI=1S/C21H22N4O2/c1-3-5-21(25-18-8-9-20(23)17(12-18)14-22)24-15(2)16-6-4-7-19(13-16)27-11-10-26/h3-10,12-14,22H,2,11,23H2,1H3,(H,24,25)/b5-3-,22-14?. The predicted molar refractivity (Wildman–Crippen MR) is 112 cm³/mol. The molecule has 0 aliphatic rings. The van der Waals surface area contributed by atoms with Crippen molar-refractivity contribution in [2.45, 2.75) is 6.92 Å². The summed E-state index contributed by atoms with van der Waals surface area (Å²) in [5.41, 5.74) is 9.06. The molecule has 0 radical (unpaired) electrons. The van der Waals surface area contributed by atoms with Gasteiger partial charge in [-0.25, -0.2) is 4.99 Å². The summed E-state index contributed by atoms with van der Waals surface area (Å²) in [4.78, 5) is 15.0. The minimum absolute atomic E-state index is 0.00291. The molecule has 0 saturated heterocycles. The Labute approximate surface area is 158 Å². The van der Waals surface area contributed by atoms with Gasteiger partial charge in [-0.1, -0.05) is 24.8 Å². The summed E-state index contributed by atoms with van der Waals surface area (Å²) in [6.07, 6.45) is 5.58.